The van der Waals surface area contributed by atoms with Crippen LogP contribution in [0.3, 0.4) is 0 Å². The summed E-state index contributed by atoms with van der Waals surface area (Å²) >= 11 is 0. The molecule has 2 aromatic heterocycles. The first kappa shape index (κ1) is 22.2. The summed E-state index contributed by atoms with van der Waals surface area (Å²) in [6.07, 6.45) is 0.299. The molecule has 0 aliphatic heterocycles. The molecule has 0 radical (unpaired) electrons. The van der Waals surface area contributed by atoms with E-state index in [2.05, 4.69) is 19.6 Å². The van der Waals surface area contributed by atoms with Crippen molar-refractivity contribution in [2.45, 2.75) is 33.8 Å². The van der Waals surface area contributed by atoms with Crippen LogP contribution in [0, 0.1) is 32.4 Å². The molecule has 0 fully saturated rings. The average Bonchev–Trinajstić information content (AvgIpc) is 3.18. The minimum absolute atomic E-state index is 0.0205. The van der Waals surface area contributed by atoms with Crippen LogP contribution in [0.25, 0.3) is 11.3 Å². The molecule has 0 bridgehead atoms. The molecule has 7 nitrogen and oxygen atoms in total. The Hall–Kier alpha value is -4.01. The molecule has 4 aromatic rings. The van der Waals surface area contributed by atoms with E-state index in [0.717, 1.165) is 5.56 Å². The second-order valence-electron chi connectivity index (χ2n) is 7.80. The van der Waals surface area contributed by atoms with E-state index < -0.39 is 17.4 Å². The maximum Gasteiger partial charge on any atom is 0.439 e. The molecule has 9 heteroatoms. The number of nitrogens with zero attached hydrogens (tertiary/aromatic N) is 2. The molecule has 0 saturated heterocycles. The Labute approximate surface area is 187 Å². The molecular formula is C24H21F2N3O4. The molecular weight excluding hydrogens is 432 g/mol. The van der Waals surface area contributed by atoms with Crippen LogP contribution >= 0.6 is 0 Å². The fourth-order valence-corrected chi connectivity index (χ4v) is 3.66. The lowest BCUT2D eigenvalue weighted by molar-refractivity contribution is 0.271. The highest BCUT2D eigenvalue weighted by Gasteiger charge is 2.17. The number of aromatic nitrogens is 3. The summed E-state index contributed by atoms with van der Waals surface area (Å²) < 4.78 is 38.7. The monoisotopic (exact) mass is 453 g/mol. The summed E-state index contributed by atoms with van der Waals surface area (Å²) in [6.45, 7) is 5.06. The lowest BCUT2D eigenvalue weighted by Crippen LogP contribution is -2.06. The molecule has 0 unspecified atom stereocenters. The summed E-state index contributed by atoms with van der Waals surface area (Å²) in [4.78, 5) is 17.9. The minimum atomic E-state index is -0.717. The highest BCUT2D eigenvalue weighted by Crippen LogP contribution is 2.32. The van der Waals surface area contributed by atoms with Crippen molar-refractivity contribution in [3.63, 3.8) is 0 Å². The highest BCUT2D eigenvalue weighted by molar-refractivity contribution is 5.67. The smallest absolute Gasteiger partial charge is 0.439 e. The van der Waals surface area contributed by atoms with E-state index >= 15 is 4.39 Å². The van der Waals surface area contributed by atoms with Gasteiger partial charge < -0.3 is 9.84 Å². The zero-order valence-electron chi connectivity index (χ0n) is 18.2. The van der Waals surface area contributed by atoms with Gasteiger partial charge in [0.1, 0.15) is 23.9 Å². The van der Waals surface area contributed by atoms with Gasteiger partial charge in [-0.25, -0.2) is 18.6 Å². The first-order valence-electron chi connectivity index (χ1n) is 10.1. The summed E-state index contributed by atoms with van der Waals surface area (Å²) in [5.41, 5.74) is 3.88. The third-order valence-electron chi connectivity index (χ3n) is 5.28. The number of benzene rings is 2. The molecule has 0 amide bonds. The summed E-state index contributed by atoms with van der Waals surface area (Å²) in [6, 6.07) is 9.14. The van der Waals surface area contributed by atoms with E-state index in [4.69, 9.17) is 4.74 Å². The SMILES string of the molecule is Cc1cc(F)cc(-c2nc(Cc3c(C)cc(OCc4noc(=O)[nH]4)c(F)c3C)ccc2O)c1. The van der Waals surface area contributed by atoms with Gasteiger partial charge in [-0.3, -0.25) is 9.51 Å². The van der Waals surface area contributed by atoms with E-state index in [1.165, 1.54) is 18.2 Å². The van der Waals surface area contributed by atoms with Crippen LogP contribution in [0.5, 0.6) is 11.5 Å². The number of nitrogens with one attached hydrogen (secondary N) is 1. The fourth-order valence-electron chi connectivity index (χ4n) is 3.66. The Balaban J connectivity index is 1.62. The van der Waals surface area contributed by atoms with Gasteiger partial charge in [0.2, 0.25) is 0 Å². The second kappa shape index (κ2) is 8.85. The van der Waals surface area contributed by atoms with Gasteiger partial charge in [-0.15, -0.1) is 0 Å². The topological polar surface area (TPSA) is 101 Å². The standard InChI is InChI=1S/C24H21F2N3O4/c1-12-6-15(9-16(25)7-12)23-19(30)5-4-17(27-23)10-18-13(2)8-20(22(26)14(18)3)32-11-21-28-24(31)33-29-21/h4-9,30H,10-11H2,1-3H3,(H,28,29,31). The molecule has 4 rings (SSSR count). The number of halogens is 2. The lowest BCUT2D eigenvalue weighted by atomic mass is 9.96. The number of aryl methyl sites for hydroxylation is 2. The third kappa shape index (κ3) is 4.77. The zero-order valence-corrected chi connectivity index (χ0v) is 18.2. The summed E-state index contributed by atoms with van der Waals surface area (Å²) in [7, 11) is 0. The maximum atomic E-state index is 15.0. The Bertz CT molecular complexity index is 1370. The van der Waals surface area contributed by atoms with E-state index in [-0.39, 0.29) is 29.6 Å². The van der Waals surface area contributed by atoms with Crippen LogP contribution in [-0.2, 0) is 13.0 Å². The molecule has 2 aromatic carbocycles. The van der Waals surface area contributed by atoms with Crippen molar-refractivity contribution in [3.05, 3.63) is 92.4 Å². The fraction of sp³-hybridized carbons (Fsp3) is 0.208. The van der Waals surface area contributed by atoms with Gasteiger partial charge in [-0.05, 0) is 79.4 Å². The van der Waals surface area contributed by atoms with E-state index in [9.17, 15) is 14.3 Å². The molecule has 0 aliphatic rings. The molecule has 2 N–H and O–H groups in total. The number of pyridine rings is 1. The summed E-state index contributed by atoms with van der Waals surface area (Å²) in [5, 5.41) is 13.8. The van der Waals surface area contributed by atoms with Crippen molar-refractivity contribution in [2.75, 3.05) is 0 Å². The van der Waals surface area contributed by atoms with Gasteiger partial charge in [0, 0.05) is 17.7 Å². The Morgan fingerprint density at radius 1 is 1.12 bits per heavy atom. The zero-order chi connectivity index (χ0) is 23.7. The van der Waals surface area contributed by atoms with Gasteiger partial charge in [-0.1, -0.05) is 5.16 Å². The van der Waals surface area contributed by atoms with E-state index in [0.29, 0.717) is 34.4 Å². The van der Waals surface area contributed by atoms with Crippen LogP contribution in [0.4, 0.5) is 8.78 Å². The first-order valence-corrected chi connectivity index (χ1v) is 10.1. The van der Waals surface area contributed by atoms with Gasteiger partial charge >= 0.3 is 5.76 Å². The van der Waals surface area contributed by atoms with Crippen LogP contribution < -0.4 is 10.5 Å². The first-order chi connectivity index (χ1) is 15.7. The molecule has 33 heavy (non-hydrogen) atoms. The Kier molecular flexibility index (Phi) is 5.95. The molecule has 0 spiro atoms. The molecule has 0 aliphatic carbocycles. The Morgan fingerprint density at radius 2 is 1.91 bits per heavy atom. The number of aromatic hydroxyl groups is 1. The molecule has 2 heterocycles. The minimum Gasteiger partial charge on any atom is -0.506 e. The predicted octanol–water partition coefficient (Wildman–Crippen LogP) is 4.50. The van der Waals surface area contributed by atoms with E-state index in [1.807, 2.05) is 6.92 Å². The predicted molar refractivity (Wildman–Crippen MR) is 116 cm³/mol. The number of hydrogen-bond donors (Lipinski definition) is 2. The second-order valence-corrected chi connectivity index (χ2v) is 7.80. The van der Waals surface area contributed by atoms with Crippen molar-refractivity contribution in [3.8, 4) is 22.8 Å². The molecule has 170 valence electrons. The van der Waals surface area contributed by atoms with Gasteiger partial charge in [0.05, 0.1) is 0 Å². The quantitative estimate of drug-likeness (QED) is 0.446. The highest BCUT2D eigenvalue weighted by atomic mass is 19.1. The number of aromatic amines is 1. The number of H-pyrrole nitrogens is 1. The van der Waals surface area contributed by atoms with Crippen molar-refractivity contribution >= 4 is 0 Å². The Morgan fingerprint density at radius 3 is 2.61 bits per heavy atom. The molecule has 0 atom stereocenters. The third-order valence-corrected chi connectivity index (χ3v) is 5.28. The number of hydrogen-bond acceptors (Lipinski definition) is 6. The lowest BCUT2D eigenvalue weighted by Gasteiger charge is -2.15. The average molecular weight is 453 g/mol. The van der Waals surface area contributed by atoms with Gasteiger partial charge in [0.25, 0.3) is 0 Å². The summed E-state index contributed by atoms with van der Waals surface area (Å²) in [5.74, 6) is -1.58. The molecule has 0 saturated carbocycles. The van der Waals surface area contributed by atoms with Gasteiger partial charge in [0.15, 0.2) is 17.4 Å². The number of rotatable bonds is 6. The number of ether oxygens (including phenoxy) is 1. The largest absolute Gasteiger partial charge is 0.506 e. The van der Waals surface area contributed by atoms with Crippen molar-refractivity contribution in [1.29, 1.82) is 0 Å². The maximum absolute atomic E-state index is 15.0. The normalized spacial score (nSPS) is 11.1. The van der Waals surface area contributed by atoms with E-state index in [1.54, 1.807) is 32.0 Å². The van der Waals surface area contributed by atoms with Crippen LogP contribution in [-0.4, -0.2) is 20.2 Å². The van der Waals surface area contributed by atoms with Gasteiger partial charge in [-0.2, -0.15) is 0 Å². The van der Waals surface area contributed by atoms with Crippen LogP contribution in [0.1, 0.15) is 33.8 Å². The van der Waals surface area contributed by atoms with Crippen molar-refractivity contribution in [1.82, 2.24) is 15.1 Å². The van der Waals surface area contributed by atoms with Crippen molar-refractivity contribution < 1.29 is 23.1 Å². The van der Waals surface area contributed by atoms with Crippen molar-refractivity contribution in [2.24, 2.45) is 0 Å². The van der Waals surface area contributed by atoms with Crippen LogP contribution in [0.15, 0.2) is 45.7 Å². The van der Waals surface area contributed by atoms with Crippen LogP contribution in [0.2, 0.25) is 0 Å².